The maximum absolute atomic E-state index is 12.6. The molecule has 0 radical (unpaired) electrons. The smallest absolute Gasteiger partial charge is 0.251 e. The number of fused-ring (bicyclic) bond motifs is 1. The topological polar surface area (TPSA) is 49.4 Å². The molecule has 0 saturated carbocycles. The third kappa shape index (κ3) is 3.67. The van der Waals surface area contributed by atoms with Crippen LogP contribution in [0.15, 0.2) is 53.0 Å². The van der Waals surface area contributed by atoms with Gasteiger partial charge < -0.3 is 10.2 Å². The molecule has 0 fully saturated rings. The summed E-state index contributed by atoms with van der Waals surface area (Å²) < 4.78 is 0.835. The van der Waals surface area contributed by atoms with E-state index in [0.29, 0.717) is 18.7 Å². The number of halogens is 1. The fourth-order valence-electron chi connectivity index (χ4n) is 2.93. The zero-order chi connectivity index (χ0) is 17.1. The molecule has 1 atom stereocenters. The molecule has 0 unspecified atom stereocenters. The lowest BCUT2D eigenvalue weighted by molar-refractivity contribution is -0.133. The molecule has 4 nitrogen and oxygen atoms in total. The molecule has 1 N–H and O–H groups in total. The third-order valence-electron chi connectivity index (χ3n) is 4.25. The van der Waals surface area contributed by atoms with Crippen molar-refractivity contribution in [2.45, 2.75) is 25.9 Å². The van der Waals surface area contributed by atoms with E-state index in [1.165, 1.54) is 11.1 Å². The average molecular weight is 387 g/mol. The molecular weight excluding hydrogens is 368 g/mol. The molecule has 0 aromatic heterocycles. The fraction of sp³-hybridized carbons (Fsp3) is 0.263. The van der Waals surface area contributed by atoms with Gasteiger partial charge in [-0.15, -0.1) is 0 Å². The normalized spacial score (nSPS) is 14.7. The van der Waals surface area contributed by atoms with Crippen molar-refractivity contribution in [2.75, 3.05) is 6.54 Å². The summed E-state index contributed by atoms with van der Waals surface area (Å²) in [7, 11) is 0. The van der Waals surface area contributed by atoms with Crippen molar-refractivity contribution in [1.29, 1.82) is 0 Å². The maximum atomic E-state index is 12.6. The minimum absolute atomic E-state index is 0.0483. The zero-order valence-electron chi connectivity index (χ0n) is 13.5. The molecule has 5 heteroatoms. The van der Waals surface area contributed by atoms with Gasteiger partial charge in [-0.1, -0.05) is 46.3 Å². The molecule has 0 aliphatic carbocycles. The highest BCUT2D eigenvalue weighted by Gasteiger charge is 2.25. The van der Waals surface area contributed by atoms with E-state index in [1.54, 1.807) is 25.1 Å². The van der Waals surface area contributed by atoms with Crippen LogP contribution in [-0.4, -0.2) is 29.3 Å². The first kappa shape index (κ1) is 16.7. The van der Waals surface area contributed by atoms with Gasteiger partial charge in [0.1, 0.15) is 6.04 Å². The molecule has 2 aromatic rings. The van der Waals surface area contributed by atoms with Gasteiger partial charge >= 0.3 is 0 Å². The minimum atomic E-state index is -0.554. The Morgan fingerprint density at radius 3 is 2.62 bits per heavy atom. The summed E-state index contributed by atoms with van der Waals surface area (Å²) >= 11 is 3.35. The fourth-order valence-corrected chi connectivity index (χ4v) is 3.33. The second kappa shape index (κ2) is 7.18. The predicted octanol–water partition coefficient (Wildman–Crippen LogP) is 3.15. The number of amides is 2. The molecule has 24 heavy (non-hydrogen) atoms. The Morgan fingerprint density at radius 2 is 1.88 bits per heavy atom. The highest BCUT2D eigenvalue weighted by atomic mass is 79.9. The Hall–Kier alpha value is -2.14. The van der Waals surface area contributed by atoms with Crippen molar-refractivity contribution in [3.63, 3.8) is 0 Å². The summed E-state index contributed by atoms with van der Waals surface area (Å²) in [5.41, 5.74) is 3.02. The highest BCUT2D eigenvalue weighted by Crippen LogP contribution is 2.19. The number of carbonyl (C=O) groups is 2. The Morgan fingerprint density at radius 1 is 1.12 bits per heavy atom. The van der Waals surface area contributed by atoms with E-state index < -0.39 is 6.04 Å². The molecule has 2 amide bonds. The van der Waals surface area contributed by atoms with Gasteiger partial charge in [0, 0.05) is 23.1 Å². The van der Waals surface area contributed by atoms with Crippen molar-refractivity contribution in [3.05, 3.63) is 69.7 Å². The van der Waals surface area contributed by atoms with Crippen LogP contribution in [0.3, 0.4) is 0 Å². The highest BCUT2D eigenvalue weighted by molar-refractivity contribution is 9.10. The van der Waals surface area contributed by atoms with E-state index in [-0.39, 0.29) is 11.8 Å². The second-order valence-corrected chi connectivity index (χ2v) is 6.90. The van der Waals surface area contributed by atoms with E-state index in [2.05, 4.69) is 33.4 Å². The van der Waals surface area contributed by atoms with E-state index >= 15 is 0 Å². The first-order valence-electron chi connectivity index (χ1n) is 7.96. The van der Waals surface area contributed by atoms with Crippen LogP contribution in [0.2, 0.25) is 0 Å². The number of hydrogen-bond acceptors (Lipinski definition) is 2. The molecule has 3 rings (SSSR count). The molecule has 0 spiro atoms. The van der Waals surface area contributed by atoms with Crippen LogP contribution in [0.25, 0.3) is 0 Å². The summed E-state index contributed by atoms with van der Waals surface area (Å²) in [4.78, 5) is 26.7. The van der Waals surface area contributed by atoms with Gasteiger partial charge in [-0.25, -0.2) is 0 Å². The lowest BCUT2D eigenvalue weighted by Crippen LogP contribution is -2.48. The van der Waals surface area contributed by atoms with Gasteiger partial charge in [-0.05, 0) is 42.7 Å². The summed E-state index contributed by atoms with van der Waals surface area (Å²) in [6, 6.07) is 14.8. The average Bonchev–Trinajstić information content (AvgIpc) is 2.60. The number of benzene rings is 2. The lowest BCUT2D eigenvalue weighted by Gasteiger charge is -2.31. The van der Waals surface area contributed by atoms with Crippen LogP contribution in [0.1, 0.15) is 28.4 Å². The van der Waals surface area contributed by atoms with Crippen molar-refractivity contribution >= 4 is 27.7 Å². The lowest BCUT2D eigenvalue weighted by atomic mass is 9.99. The van der Waals surface area contributed by atoms with Crippen LogP contribution in [-0.2, 0) is 17.8 Å². The van der Waals surface area contributed by atoms with Crippen LogP contribution in [0.5, 0.6) is 0 Å². The molecule has 1 aliphatic heterocycles. The predicted molar refractivity (Wildman–Crippen MR) is 96.6 cm³/mol. The maximum Gasteiger partial charge on any atom is 0.251 e. The van der Waals surface area contributed by atoms with Gasteiger partial charge in [-0.3, -0.25) is 9.59 Å². The molecule has 2 aromatic carbocycles. The number of nitrogens with one attached hydrogen (secondary N) is 1. The Bertz CT molecular complexity index is 775. The largest absolute Gasteiger partial charge is 0.341 e. The number of rotatable bonds is 3. The standard InChI is InChI=1S/C19H19BrN2O2/c1-13(21-18(23)15-7-4-8-17(20)11-15)19(24)22-10-9-14-5-2-3-6-16(14)12-22/h2-8,11,13H,9-10,12H2,1H3,(H,21,23)/t13-/m1/s1. The SMILES string of the molecule is C[C@@H](NC(=O)c1cccc(Br)c1)C(=O)N1CCc2ccccc2C1. The molecule has 1 heterocycles. The monoisotopic (exact) mass is 386 g/mol. The van der Waals surface area contributed by atoms with Gasteiger partial charge in [0.2, 0.25) is 5.91 Å². The molecular formula is C19H19BrN2O2. The number of hydrogen-bond donors (Lipinski definition) is 1. The third-order valence-corrected chi connectivity index (χ3v) is 4.74. The molecule has 1 aliphatic rings. The zero-order valence-corrected chi connectivity index (χ0v) is 15.0. The molecule has 0 saturated heterocycles. The van der Waals surface area contributed by atoms with Gasteiger partial charge in [0.15, 0.2) is 0 Å². The Kier molecular flexibility index (Phi) is 5.00. The first-order chi connectivity index (χ1) is 11.5. The Balaban J connectivity index is 1.64. The minimum Gasteiger partial charge on any atom is -0.341 e. The van der Waals surface area contributed by atoms with Gasteiger partial charge in [0.25, 0.3) is 5.91 Å². The van der Waals surface area contributed by atoms with Gasteiger partial charge in [0.05, 0.1) is 0 Å². The van der Waals surface area contributed by atoms with E-state index in [1.807, 2.05) is 23.1 Å². The van der Waals surface area contributed by atoms with Crippen LogP contribution in [0.4, 0.5) is 0 Å². The van der Waals surface area contributed by atoms with E-state index in [4.69, 9.17) is 0 Å². The molecule has 124 valence electrons. The van der Waals surface area contributed by atoms with Crippen LogP contribution >= 0.6 is 15.9 Å². The van der Waals surface area contributed by atoms with Gasteiger partial charge in [-0.2, -0.15) is 0 Å². The molecule has 0 bridgehead atoms. The van der Waals surface area contributed by atoms with Crippen molar-refractivity contribution in [1.82, 2.24) is 10.2 Å². The number of carbonyl (C=O) groups excluding carboxylic acids is 2. The van der Waals surface area contributed by atoms with Crippen LogP contribution in [0, 0.1) is 0 Å². The van der Waals surface area contributed by atoms with Crippen LogP contribution < -0.4 is 5.32 Å². The summed E-state index contributed by atoms with van der Waals surface area (Å²) in [5.74, 6) is -0.289. The van der Waals surface area contributed by atoms with E-state index in [9.17, 15) is 9.59 Å². The van der Waals surface area contributed by atoms with Crippen molar-refractivity contribution in [3.8, 4) is 0 Å². The summed E-state index contributed by atoms with van der Waals surface area (Å²) in [6.07, 6.45) is 0.855. The number of nitrogens with zero attached hydrogens (tertiary/aromatic N) is 1. The first-order valence-corrected chi connectivity index (χ1v) is 8.76. The van der Waals surface area contributed by atoms with E-state index in [0.717, 1.165) is 10.9 Å². The quantitative estimate of drug-likeness (QED) is 0.880. The van der Waals surface area contributed by atoms with Crippen molar-refractivity contribution in [2.24, 2.45) is 0 Å². The summed E-state index contributed by atoms with van der Waals surface area (Å²) in [5, 5.41) is 2.79. The second-order valence-electron chi connectivity index (χ2n) is 5.98. The van der Waals surface area contributed by atoms with Crippen molar-refractivity contribution < 1.29 is 9.59 Å². The summed E-state index contributed by atoms with van der Waals surface area (Å²) in [6.45, 7) is 3.03. The Labute approximate surface area is 150 Å².